The molecule has 2 fully saturated rings. The number of halogens is 1. The summed E-state index contributed by atoms with van der Waals surface area (Å²) in [7, 11) is 0. The highest BCUT2D eigenvalue weighted by atomic mass is 35.5. The normalized spacial score (nSPS) is 19.4. The minimum absolute atomic E-state index is 0. The molecule has 0 bridgehead atoms. The fraction of sp³-hybridized carbons (Fsp3) is 0.350. The lowest BCUT2D eigenvalue weighted by Gasteiger charge is -2.37. The maximum atomic E-state index is 11.1. The van der Waals surface area contributed by atoms with Gasteiger partial charge in [0.2, 0.25) is 0 Å². The Bertz CT molecular complexity index is 2240. The van der Waals surface area contributed by atoms with Gasteiger partial charge in [0.05, 0.1) is 50.6 Å². The number of nitrogens with two attached hydrogens (primary N) is 4. The average Bonchev–Trinajstić information content (AvgIpc) is 3.58. The Balaban J connectivity index is 0.000000209. The van der Waals surface area contributed by atoms with Crippen LogP contribution in [0.2, 0.25) is 0 Å². The highest BCUT2D eigenvalue weighted by Crippen LogP contribution is 2.35. The molecule has 0 aromatic heterocycles. The summed E-state index contributed by atoms with van der Waals surface area (Å²) in [6.45, 7) is 13.1. The fourth-order valence-corrected chi connectivity index (χ4v) is 7.06. The molecule has 19 heteroatoms. The van der Waals surface area contributed by atoms with Crippen molar-refractivity contribution in [2.45, 2.75) is 65.5 Å². The van der Waals surface area contributed by atoms with Crippen LogP contribution in [0.1, 0.15) is 51.3 Å². The molecule has 4 aromatic carbocycles. The number of nitro groups is 3. The molecule has 0 aliphatic carbocycles. The Morgan fingerprint density at radius 3 is 1.63 bits per heavy atom. The molecule has 314 valence electrons. The summed E-state index contributed by atoms with van der Waals surface area (Å²) in [6.07, 6.45) is 1.34. The van der Waals surface area contributed by atoms with Gasteiger partial charge >= 0.3 is 0 Å². The lowest BCUT2D eigenvalue weighted by molar-refractivity contribution is -0.384. The summed E-state index contributed by atoms with van der Waals surface area (Å²) in [4.78, 5) is 40.0. The maximum absolute atomic E-state index is 11.1. The molecule has 4 atom stereocenters. The van der Waals surface area contributed by atoms with Crippen LogP contribution in [-0.4, -0.2) is 76.8 Å². The lowest BCUT2D eigenvalue weighted by atomic mass is 10.0. The SMILES string of the molecule is CC(=[NH2+])c1ccc(N)c([N+](=O)[O-])c1.C[C@@H]1CN(c2ccc([N+](=O)[O-])c(N)c2)C[C@H](C)O1.C[C@@H]1CN(c2ccc3c(c2)CC(c2ccc(N)c([N+](=O)[O-])c2)=N3)C[C@H](C)O1.[Cl-]. The smallest absolute Gasteiger partial charge is 0.292 e. The van der Waals surface area contributed by atoms with Gasteiger partial charge in [0.15, 0.2) is 5.71 Å². The molecule has 7 rings (SSSR count). The van der Waals surface area contributed by atoms with E-state index in [9.17, 15) is 30.3 Å². The molecular formula is C40H49ClN10O8. The van der Waals surface area contributed by atoms with E-state index in [2.05, 4.69) is 40.8 Å². The van der Waals surface area contributed by atoms with E-state index in [0.717, 1.165) is 60.1 Å². The first kappa shape index (κ1) is 45.3. The molecule has 0 radical (unpaired) electrons. The third-order valence-corrected chi connectivity index (χ3v) is 9.70. The van der Waals surface area contributed by atoms with E-state index >= 15 is 0 Å². The zero-order valence-corrected chi connectivity index (χ0v) is 34.2. The van der Waals surface area contributed by atoms with Crippen molar-refractivity contribution in [1.29, 1.82) is 0 Å². The molecule has 8 N–H and O–H groups in total. The number of nitrogen functional groups attached to an aromatic ring is 3. The van der Waals surface area contributed by atoms with E-state index in [4.69, 9.17) is 32.1 Å². The number of fused-ring (bicyclic) bond motifs is 1. The molecule has 0 spiro atoms. The summed E-state index contributed by atoms with van der Waals surface area (Å²) in [5.41, 5.74) is 23.9. The Morgan fingerprint density at radius 2 is 1.14 bits per heavy atom. The largest absolute Gasteiger partial charge is 1.00 e. The van der Waals surface area contributed by atoms with Crippen LogP contribution in [0.4, 0.5) is 51.2 Å². The molecule has 2 saturated heterocycles. The number of aliphatic imine (C=N–C) groups is 1. The molecule has 3 heterocycles. The van der Waals surface area contributed by atoms with E-state index in [1.54, 1.807) is 37.3 Å². The molecule has 18 nitrogen and oxygen atoms in total. The summed E-state index contributed by atoms with van der Waals surface area (Å²) in [5, 5.41) is 37.8. The van der Waals surface area contributed by atoms with Gasteiger partial charge in [-0.05, 0) is 81.8 Å². The molecule has 3 aliphatic rings. The van der Waals surface area contributed by atoms with E-state index in [1.807, 2.05) is 19.9 Å². The Hall–Kier alpha value is -6.37. The van der Waals surface area contributed by atoms with E-state index in [-0.39, 0.29) is 70.9 Å². The van der Waals surface area contributed by atoms with Gasteiger partial charge in [-0.3, -0.25) is 40.7 Å². The monoisotopic (exact) mass is 832 g/mol. The van der Waals surface area contributed by atoms with Crippen LogP contribution >= 0.6 is 0 Å². The first-order valence-electron chi connectivity index (χ1n) is 18.6. The number of hydrogen-bond donors (Lipinski definition) is 4. The van der Waals surface area contributed by atoms with E-state index in [0.29, 0.717) is 17.7 Å². The van der Waals surface area contributed by atoms with E-state index < -0.39 is 14.8 Å². The number of benzene rings is 4. The number of rotatable bonds is 7. The van der Waals surface area contributed by atoms with Gasteiger partial charge in [-0.1, -0.05) is 6.07 Å². The van der Waals surface area contributed by atoms with Crippen molar-refractivity contribution >= 4 is 62.6 Å². The van der Waals surface area contributed by atoms with Crippen LogP contribution in [0.25, 0.3) is 0 Å². The minimum atomic E-state index is -0.526. The minimum Gasteiger partial charge on any atom is -1.00 e. The molecule has 3 aliphatic heterocycles. The summed E-state index contributed by atoms with van der Waals surface area (Å²) in [5.74, 6) is 0. The topological polar surface area (TPSA) is 270 Å². The number of hydrogen-bond acceptors (Lipinski definition) is 14. The van der Waals surface area contributed by atoms with Crippen molar-refractivity contribution in [3.63, 3.8) is 0 Å². The highest BCUT2D eigenvalue weighted by Gasteiger charge is 2.26. The van der Waals surface area contributed by atoms with Gasteiger partial charge in [-0.2, -0.15) is 0 Å². The average molecular weight is 833 g/mol. The van der Waals surface area contributed by atoms with Crippen molar-refractivity contribution in [1.82, 2.24) is 0 Å². The van der Waals surface area contributed by atoms with Crippen molar-refractivity contribution in [2.75, 3.05) is 53.2 Å². The van der Waals surface area contributed by atoms with Crippen LogP contribution in [0.3, 0.4) is 0 Å². The lowest BCUT2D eigenvalue weighted by Crippen LogP contribution is -3.00. The third kappa shape index (κ3) is 11.4. The molecule has 0 saturated carbocycles. The van der Waals surface area contributed by atoms with Crippen LogP contribution in [-0.2, 0) is 15.9 Å². The fourth-order valence-electron chi connectivity index (χ4n) is 7.06. The maximum Gasteiger partial charge on any atom is 0.292 e. The first-order chi connectivity index (χ1) is 27.4. The number of nitro benzene ring substituents is 3. The van der Waals surface area contributed by atoms with Crippen LogP contribution in [0, 0.1) is 30.3 Å². The van der Waals surface area contributed by atoms with Crippen LogP contribution < -0.4 is 44.8 Å². The number of ether oxygens (including phenoxy) is 2. The van der Waals surface area contributed by atoms with Crippen LogP contribution in [0.15, 0.2) is 77.8 Å². The summed E-state index contributed by atoms with van der Waals surface area (Å²) < 4.78 is 11.5. The van der Waals surface area contributed by atoms with Gasteiger partial charge in [-0.15, -0.1) is 0 Å². The number of morpholine rings is 2. The summed E-state index contributed by atoms with van der Waals surface area (Å²) in [6, 6.07) is 20.5. The second-order valence-corrected chi connectivity index (χ2v) is 14.6. The second-order valence-electron chi connectivity index (χ2n) is 14.6. The standard InChI is InChI=1S/C20H22N4O3.C12H17N3O3.C8H9N3O2.ClH/c1-12-10-23(11-13(2)27-12)16-4-6-18-15(7-16)8-19(22-18)14-3-5-17(21)20(9-14)24(25)26;1-8-6-14(7-9(2)18-8)10-3-4-12(15(16)17)11(13)5-10;1-5(9)6-2-3-7(10)8(4-6)11(12)13;/h3-7,9,12-13H,8,10-11,21H2,1-2H3;3-5,8-9H,6-7,13H2,1-2H3;2-4,9H,10H2,1H3;1H/t12-,13+;8-,9+;;. The van der Waals surface area contributed by atoms with Gasteiger partial charge in [-0.25, -0.2) is 0 Å². The predicted octanol–water partition coefficient (Wildman–Crippen LogP) is 2.01. The highest BCUT2D eigenvalue weighted by molar-refractivity contribution is 6.07. The number of anilines is 5. The molecule has 4 aromatic rings. The molecular weight excluding hydrogens is 784 g/mol. The van der Waals surface area contributed by atoms with Crippen molar-refractivity contribution in [3.05, 3.63) is 120 Å². The predicted molar refractivity (Wildman–Crippen MR) is 225 cm³/mol. The van der Waals surface area contributed by atoms with Crippen molar-refractivity contribution in [2.24, 2.45) is 4.99 Å². The van der Waals surface area contributed by atoms with Gasteiger partial charge in [0.25, 0.3) is 17.1 Å². The van der Waals surface area contributed by atoms with Gasteiger partial charge in [0, 0.05) is 80.2 Å². The van der Waals surface area contributed by atoms with E-state index in [1.165, 1.54) is 24.3 Å². The Morgan fingerprint density at radius 1 is 0.661 bits per heavy atom. The Labute approximate surface area is 347 Å². The molecule has 0 unspecified atom stereocenters. The second kappa shape index (κ2) is 19.4. The quantitative estimate of drug-likeness (QED) is 0.0900. The summed E-state index contributed by atoms with van der Waals surface area (Å²) >= 11 is 0. The van der Waals surface area contributed by atoms with Crippen molar-refractivity contribution in [3.8, 4) is 0 Å². The third-order valence-electron chi connectivity index (χ3n) is 9.70. The molecule has 59 heavy (non-hydrogen) atoms. The van der Waals surface area contributed by atoms with Gasteiger partial charge in [0.1, 0.15) is 17.1 Å². The van der Waals surface area contributed by atoms with Gasteiger partial charge < -0.3 is 48.9 Å². The Kier molecular flexibility index (Phi) is 14.9. The molecule has 0 amide bonds. The zero-order chi connectivity index (χ0) is 42.4. The van der Waals surface area contributed by atoms with Crippen molar-refractivity contribution < 1.29 is 42.1 Å². The van der Waals surface area contributed by atoms with Crippen LogP contribution in [0.5, 0.6) is 0 Å². The zero-order valence-electron chi connectivity index (χ0n) is 33.4. The first-order valence-corrected chi connectivity index (χ1v) is 18.6. The number of nitrogens with zero attached hydrogens (tertiary/aromatic N) is 6.